The fourth-order valence-corrected chi connectivity index (χ4v) is 1.94. The van der Waals surface area contributed by atoms with Gasteiger partial charge in [0.2, 0.25) is 0 Å². The fraction of sp³-hybridized carbons (Fsp3) is 0.462. The molecule has 0 unspecified atom stereocenters. The standard InChI is InChI=1S/C13H20N6/c1-3-11-12(14-4-2)16-10-17-13(11)15-7-9-19-8-5-6-18-19/h5-6,8,10H,3-4,7,9H2,1-2H3,(H2,14,15,16,17). The topological polar surface area (TPSA) is 67.7 Å². The third-order valence-electron chi connectivity index (χ3n) is 2.84. The van der Waals surface area contributed by atoms with Gasteiger partial charge in [-0.3, -0.25) is 4.68 Å². The Morgan fingerprint density at radius 3 is 2.58 bits per heavy atom. The van der Waals surface area contributed by atoms with E-state index in [2.05, 4.69) is 39.5 Å². The highest BCUT2D eigenvalue weighted by molar-refractivity contribution is 5.57. The second-order valence-corrected chi connectivity index (χ2v) is 4.13. The molecule has 19 heavy (non-hydrogen) atoms. The average Bonchev–Trinajstić information content (AvgIpc) is 2.93. The first-order valence-corrected chi connectivity index (χ1v) is 6.64. The van der Waals surface area contributed by atoms with Gasteiger partial charge in [-0.15, -0.1) is 0 Å². The van der Waals surface area contributed by atoms with Crippen LogP contribution in [0.15, 0.2) is 24.8 Å². The van der Waals surface area contributed by atoms with Crippen LogP contribution >= 0.6 is 0 Å². The third kappa shape index (κ3) is 3.43. The van der Waals surface area contributed by atoms with Crippen molar-refractivity contribution in [2.75, 3.05) is 23.7 Å². The summed E-state index contributed by atoms with van der Waals surface area (Å²) in [6, 6.07) is 1.92. The summed E-state index contributed by atoms with van der Waals surface area (Å²) in [6.07, 6.45) is 6.22. The van der Waals surface area contributed by atoms with Gasteiger partial charge < -0.3 is 10.6 Å². The summed E-state index contributed by atoms with van der Waals surface area (Å²) in [6.45, 7) is 6.63. The molecule has 0 bridgehead atoms. The van der Waals surface area contributed by atoms with E-state index in [0.29, 0.717) is 0 Å². The predicted octanol–water partition coefficient (Wildman–Crippen LogP) is 1.78. The van der Waals surface area contributed by atoms with Crippen LogP contribution in [0.3, 0.4) is 0 Å². The van der Waals surface area contributed by atoms with E-state index in [9.17, 15) is 0 Å². The molecule has 2 N–H and O–H groups in total. The quantitative estimate of drug-likeness (QED) is 0.794. The first-order valence-electron chi connectivity index (χ1n) is 6.64. The molecule has 0 saturated heterocycles. The molecule has 0 radical (unpaired) electrons. The van der Waals surface area contributed by atoms with Crippen molar-refractivity contribution in [2.24, 2.45) is 0 Å². The zero-order chi connectivity index (χ0) is 13.5. The van der Waals surface area contributed by atoms with Crippen LogP contribution in [-0.2, 0) is 13.0 Å². The number of aromatic nitrogens is 4. The van der Waals surface area contributed by atoms with E-state index in [-0.39, 0.29) is 0 Å². The highest BCUT2D eigenvalue weighted by Gasteiger charge is 2.08. The molecule has 0 aromatic carbocycles. The van der Waals surface area contributed by atoms with Crippen molar-refractivity contribution in [3.63, 3.8) is 0 Å². The molecule has 2 aromatic rings. The molecule has 6 nitrogen and oxygen atoms in total. The molecule has 6 heteroatoms. The van der Waals surface area contributed by atoms with Crippen LogP contribution in [0.5, 0.6) is 0 Å². The molecule has 2 heterocycles. The first-order chi connectivity index (χ1) is 9.35. The molecule has 0 aliphatic carbocycles. The molecule has 2 rings (SSSR count). The third-order valence-corrected chi connectivity index (χ3v) is 2.84. The molecular weight excluding hydrogens is 240 g/mol. The molecule has 0 aliphatic heterocycles. The smallest absolute Gasteiger partial charge is 0.134 e. The SMILES string of the molecule is CCNc1ncnc(NCCn2cccn2)c1CC. The Bertz CT molecular complexity index is 494. The summed E-state index contributed by atoms with van der Waals surface area (Å²) < 4.78 is 1.89. The van der Waals surface area contributed by atoms with Crippen molar-refractivity contribution in [2.45, 2.75) is 26.8 Å². The largest absolute Gasteiger partial charge is 0.370 e. The zero-order valence-corrected chi connectivity index (χ0v) is 11.4. The van der Waals surface area contributed by atoms with E-state index in [0.717, 1.165) is 43.3 Å². The molecule has 2 aromatic heterocycles. The van der Waals surface area contributed by atoms with E-state index in [1.165, 1.54) is 0 Å². The number of rotatable bonds is 7. The van der Waals surface area contributed by atoms with Gasteiger partial charge in [-0.1, -0.05) is 6.92 Å². The van der Waals surface area contributed by atoms with Gasteiger partial charge in [-0.25, -0.2) is 9.97 Å². The highest BCUT2D eigenvalue weighted by Crippen LogP contribution is 2.19. The molecule has 0 spiro atoms. The lowest BCUT2D eigenvalue weighted by molar-refractivity contribution is 0.636. The molecule has 0 aliphatic rings. The van der Waals surface area contributed by atoms with Crippen molar-refractivity contribution in [1.82, 2.24) is 19.7 Å². The van der Waals surface area contributed by atoms with Gasteiger partial charge in [0.15, 0.2) is 0 Å². The fourth-order valence-electron chi connectivity index (χ4n) is 1.94. The lowest BCUT2D eigenvalue weighted by atomic mass is 10.2. The van der Waals surface area contributed by atoms with E-state index in [1.807, 2.05) is 16.9 Å². The van der Waals surface area contributed by atoms with Gasteiger partial charge in [0.05, 0.1) is 6.54 Å². The van der Waals surface area contributed by atoms with E-state index >= 15 is 0 Å². The first kappa shape index (κ1) is 13.3. The summed E-state index contributed by atoms with van der Waals surface area (Å²) in [4.78, 5) is 8.60. The lowest BCUT2D eigenvalue weighted by Crippen LogP contribution is -2.14. The van der Waals surface area contributed by atoms with Crippen LogP contribution in [0.25, 0.3) is 0 Å². The van der Waals surface area contributed by atoms with Gasteiger partial charge >= 0.3 is 0 Å². The molecule has 0 atom stereocenters. The van der Waals surface area contributed by atoms with Crippen LogP contribution < -0.4 is 10.6 Å². The van der Waals surface area contributed by atoms with E-state index in [1.54, 1.807) is 12.5 Å². The number of hydrogen-bond acceptors (Lipinski definition) is 5. The summed E-state index contributed by atoms with van der Waals surface area (Å²) in [5, 5.41) is 10.8. The highest BCUT2D eigenvalue weighted by atomic mass is 15.3. The van der Waals surface area contributed by atoms with Gasteiger partial charge in [0, 0.05) is 31.0 Å². The van der Waals surface area contributed by atoms with Crippen molar-refractivity contribution in [3.05, 3.63) is 30.4 Å². The molecule has 0 fully saturated rings. The Morgan fingerprint density at radius 2 is 1.95 bits per heavy atom. The zero-order valence-electron chi connectivity index (χ0n) is 11.4. The maximum Gasteiger partial charge on any atom is 0.134 e. The van der Waals surface area contributed by atoms with Crippen molar-refractivity contribution >= 4 is 11.6 Å². The summed E-state index contributed by atoms with van der Waals surface area (Å²) >= 11 is 0. The monoisotopic (exact) mass is 260 g/mol. The van der Waals surface area contributed by atoms with Crippen LogP contribution in [0.2, 0.25) is 0 Å². The maximum absolute atomic E-state index is 4.32. The van der Waals surface area contributed by atoms with Gasteiger partial charge in [0.1, 0.15) is 18.0 Å². The van der Waals surface area contributed by atoms with Crippen LogP contribution in [-0.4, -0.2) is 32.8 Å². The summed E-state index contributed by atoms with van der Waals surface area (Å²) in [5.74, 6) is 1.82. The number of anilines is 2. The van der Waals surface area contributed by atoms with Gasteiger partial charge in [-0.05, 0) is 19.4 Å². The Kier molecular flexibility index (Phi) is 4.72. The predicted molar refractivity (Wildman–Crippen MR) is 76.3 cm³/mol. The van der Waals surface area contributed by atoms with Crippen molar-refractivity contribution in [3.8, 4) is 0 Å². The lowest BCUT2D eigenvalue weighted by Gasteiger charge is -2.13. The van der Waals surface area contributed by atoms with Crippen molar-refractivity contribution in [1.29, 1.82) is 0 Å². The Morgan fingerprint density at radius 1 is 1.16 bits per heavy atom. The van der Waals surface area contributed by atoms with Crippen LogP contribution in [0.4, 0.5) is 11.6 Å². The molecule has 102 valence electrons. The summed E-state index contributed by atoms with van der Waals surface area (Å²) in [7, 11) is 0. The average molecular weight is 260 g/mol. The van der Waals surface area contributed by atoms with Gasteiger partial charge in [-0.2, -0.15) is 5.10 Å². The second-order valence-electron chi connectivity index (χ2n) is 4.13. The molecular formula is C13H20N6. The summed E-state index contributed by atoms with van der Waals surface area (Å²) in [5.41, 5.74) is 1.13. The maximum atomic E-state index is 4.32. The Labute approximate surface area is 113 Å². The minimum atomic E-state index is 0.789. The molecule has 0 saturated carbocycles. The second kappa shape index (κ2) is 6.72. The minimum Gasteiger partial charge on any atom is -0.370 e. The van der Waals surface area contributed by atoms with E-state index < -0.39 is 0 Å². The van der Waals surface area contributed by atoms with Crippen molar-refractivity contribution < 1.29 is 0 Å². The van der Waals surface area contributed by atoms with Crippen LogP contribution in [0, 0.1) is 0 Å². The number of nitrogens with zero attached hydrogens (tertiary/aromatic N) is 4. The van der Waals surface area contributed by atoms with Crippen LogP contribution in [0.1, 0.15) is 19.4 Å². The Balaban J connectivity index is 2.00. The molecule has 0 amide bonds. The van der Waals surface area contributed by atoms with E-state index in [4.69, 9.17) is 0 Å². The number of hydrogen-bond donors (Lipinski definition) is 2. The normalized spacial score (nSPS) is 10.4. The van der Waals surface area contributed by atoms with Gasteiger partial charge in [0.25, 0.3) is 0 Å². The minimum absolute atomic E-state index is 0.789. The Hall–Kier alpha value is -2.11. The number of nitrogens with one attached hydrogen (secondary N) is 2.